The van der Waals surface area contributed by atoms with Gasteiger partial charge in [0.2, 0.25) is 0 Å². The molecule has 5 rings (SSSR count). The van der Waals surface area contributed by atoms with Gasteiger partial charge in [-0.2, -0.15) is 9.46 Å². The first-order valence-electron chi connectivity index (χ1n) is 17.0. The Morgan fingerprint density at radius 3 is 2.73 bits per heavy atom. The molecule has 4 unspecified atom stereocenters. The van der Waals surface area contributed by atoms with Gasteiger partial charge in [0, 0.05) is 60.2 Å². The Labute approximate surface area is 297 Å². The second-order valence-electron chi connectivity index (χ2n) is 13.1. The SMILES string of the molecule is CCCc1cc(Cl)ccc1C1COc2ccc3cc2N(CCC(CC)C(OC)/C=C/COC(C)(C)C(=O)/N=S/3NC(=O)c2cnn(C)c2)C1. The highest BCUT2D eigenvalue weighted by Gasteiger charge is 2.31. The average molecular weight is 710 g/mol. The Balaban J connectivity index is 1.61. The molecule has 1 aromatic heterocycles. The molecule has 0 saturated carbocycles. The lowest BCUT2D eigenvalue weighted by Crippen LogP contribution is -2.36. The molecule has 10 nitrogen and oxygen atoms in total. The van der Waals surface area contributed by atoms with Crippen LogP contribution in [0.1, 0.15) is 74.4 Å². The van der Waals surface area contributed by atoms with E-state index in [-0.39, 0.29) is 30.5 Å². The third-order valence-corrected chi connectivity index (χ3v) is 10.8. The highest BCUT2D eigenvalue weighted by atomic mass is 35.5. The van der Waals surface area contributed by atoms with E-state index in [9.17, 15) is 9.59 Å². The Morgan fingerprint density at radius 2 is 2.02 bits per heavy atom. The smallest absolute Gasteiger partial charge is 0.285 e. The van der Waals surface area contributed by atoms with Gasteiger partial charge in [0.25, 0.3) is 11.8 Å². The van der Waals surface area contributed by atoms with Crippen LogP contribution in [0, 0.1) is 5.92 Å². The molecule has 49 heavy (non-hydrogen) atoms. The maximum atomic E-state index is 13.7. The summed E-state index contributed by atoms with van der Waals surface area (Å²) in [6.45, 7) is 9.92. The fourth-order valence-corrected chi connectivity index (χ4v) is 7.89. The number of carbonyl (C=O) groups excluding carboxylic acids is 2. The average Bonchev–Trinajstić information content (AvgIpc) is 3.44. The van der Waals surface area contributed by atoms with E-state index in [1.54, 1.807) is 38.9 Å². The van der Waals surface area contributed by atoms with E-state index in [0.29, 0.717) is 23.6 Å². The van der Waals surface area contributed by atoms with E-state index in [0.717, 1.165) is 48.7 Å². The number of benzene rings is 2. The molecule has 4 atom stereocenters. The molecule has 0 radical (unpaired) electrons. The highest BCUT2D eigenvalue weighted by molar-refractivity contribution is 7.86. The Hall–Kier alpha value is -3.51. The molecule has 2 aromatic carbocycles. The van der Waals surface area contributed by atoms with Gasteiger partial charge < -0.3 is 19.1 Å². The first kappa shape index (κ1) is 36.8. The molecular weight excluding hydrogens is 662 g/mol. The molecular formula is C37H48ClN5O5S. The molecule has 3 aromatic rings. The number of nitrogens with zero attached hydrogens (tertiary/aromatic N) is 4. The lowest BCUT2D eigenvalue weighted by atomic mass is 9.91. The van der Waals surface area contributed by atoms with Crippen molar-refractivity contribution in [2.24, 2.45) is 17.3 Å². The Morgan fingerprint density at radius 1 is 1.20 bits per heavy atom. The monoisotopic (exact) mass is 709 g/mol. The summed E-state index contributed by atoms with van der Waals surface area (Å²) >= 11 is 6.45. The number of hydrogen-bond donors (Lipinski definition) is 1. The van der Waals surface area contributed by atoms with Crippen molar-refractivity contribution < 1.29 is 23.8 Å². The van der Waals surface area contributed by atoms with Crippen LogP contribution in [-0.4, -0.2) is 66.7 Å². The standard InChI is InChI=1S/C37H48ClN5O5S/c1-7-10-26-19-29(38)12-14-31(26)28-23-43-17-16-25(8-2)33(46-6)11-9-18-48-37(3,4)36(45)41-49(40-35(44)27-21-39-42(5)22-27)30-13-15-34(47-24-28)32(43)20-30/h9,11-15,19-22,25,28,33H,7-8,10,16-18,23-24H2,1-6H3,(H,40,41,44,45)/b11-9+. The molecule has 0 aliphatic carbocycles. The van der Waals surface area contributed by atoms with E-state index in [1.165, 1.54) is 17.3 Å². The van der Waals surface area contributed by atoms with Gasteiger partial charge in [-0.15, -0.1) is 0 Å². The molecule has 0 spiro atoms. The number of amides is 2. The van der Waals surface area contributed by atoms with Crippen molar-refractivity contribution in [3.63, 3.8) is 0 Å². The summed E-state index contributed by atoms with van der Waals surface area (Å²) in [5, 5.41) is 4.87. The summed E-state index contributed by atoms with van der Waals surface area (Å²) in [6, 6.07) is 12.0. The lowest BCUT2D eigenvalue weighted by Gasteiger charge is -2.31. The van der Waals surface area contributed by atoms with Crippen LogP contribution >= 0.6 is 11.6 Å². The van der Waals surface area contributed by atoms with Crippen LogP contribution in [0.3, 0.4) is 0 Å². The number of anilines is 1. The first-order chi connectivity index (χ1) is 23.5. The summed E-state index contributed by atoms with van der Waals surface area (Å²) in [4.78, 5) is 30.2. The molecule has 264 valence electrons. The lowest BCUT2D eigenvalue weighted by molar-refractivity contribution is -0.137. The van der Waals surface area contributed by atoms with Crippen LogP contribution < -0.4 is 14.4 Å². The fourth-order valence-electron chi connectivity index (χ4n) is 6.32. The molecule has 2 bridgehead atoms. The molecule has 2 amide bonds. The van der Waals surface area contributed by atoms with Gasteiger partial charge in [-0.25, -0.2) is 0 Å². The van der Waals surface area contributed by atoms with Crippen molar-refractivity contribution in [3.05, 3.63) is 82.7 Å². The van der Waals surface area contributed by atoms with Crippen LogP contribution in [0.4, 0.5) is 5.69 Å². The number of fused-ring (bicyclic) bond motifs is 1. The quantitative estimate of drug-likeness (QED) is 0.268. The number of carbonyl (C=O) groups is 2. The third-order valence-electron chi connectivity index (χ3n) is 9.18. The van der Waals surface area contributed by atoms with Crippen molar-refractivity contribution in [3.8, 4) is 5.75 Å². The van der Waals surface area contributed by atoms with Gasteiger partial charge in [0.05, 0.1) is 36.8 Å². The van der Waals surface area contributed by atoms with Crippen LogP contribution in [0.2, 0.25) is 5.02 Å². The zero-order chi connectivity index (χ0) is 35.1. The van der Waals surface area contributed by atoms with E-state index in [4.69, 9.17) is 25.8 Å². The second-order valence-corrected chi connectivity index (χ2v) is 15.0. The molecule has 0 fully saturated rings. The van der Waals surface area contributed by atoms with Crippen LogP contribution in [-0.2, 0) is 38.6 Å². The maximum absolute atomic E-state index is 13.7. The predicted molar refractivity (Wildman–Crippen MR) is 194 cm³/mol. The summed E-state index contributed by atoms with van der Waals surface area (Å²) in [6.07, 6.45) is 10.7. The van der Waals surface area contributed by atoms with Crippen molar-refractivity contribution in [2.75, 3.05) is 38.3 Å². The minimum Gasteiger partial charge on any atom is -0.491 e. The van der Waals surface area contributed by atoms with E-state index in [1.807, 2.05) is 36.4 Å². The second kappa shape index (κ2) is 16.5. The number of aryl methyl sites for hydroxylation is 2. The van der Waals surface area contributed by atoms with E-state index < -0.39 is 22.4 Å². The molecule has 1 N–H and O–H groups in total. The van der Waals surface area contributed by atoms with Gasteiger partial charge >= 0.3 is 0 Å². The van der Waals surface area contributed by atoms with Gasteiger partial charge in [0.1, 0.15) is 11.4 Å². The fraction of sp³-hybridized carbons (Fsp3) is 0.486. The Bertz CT molecular complexity index is 1710. The highest BCUT2D eigenvalue weighted by Crippen LogP contribution is 2.38. The molecule has 2 aliphatic heterocycles. The third kappa shape index (κ3) is 9.00. The summed E-state index contributed by atoms with van der Waals surface area (Å²) in [7, 11) is 2.13. The zero-order valence-corrected chi connectivity index (χ0v) is 30.9. The van der Waals surface area contributed by atoms with Crippen molar-refractivity contribution in [1.29, 1.82) is 0 Å². The number of aromatic nitrogens is 2. The van der Waals surface area contributed by atoms with Gasteiger partial charge in [-0.3, -0.25) is 19.0 Å². The minimum absolute atomic E-state index is 0.0891. The van der Waals surface area contributed by atoms with Crippen LogP contribution in [0.5, 0.6) is 5.75 Å². The summed E-state index contributed by atoms with van der Waals surface area (Å²) < 4.78 is 27.7. The maximum Gasteiger partial charge on any atom is 0.285 e. The van der Waals surface area contributed by atoms with Crippen molar-refractivity contribution in [1.82, 2.24) is 14.5 Å². The van der Waals surface area contributed by atoms with Crippen molar-refractivity contribution >= 4 is 40.0 Å². The van der Waals surface area contributed by atoms with Gasteiger partial charge in [-0.05, 0) is 74.1 Å². The molecule has 12 heteroatoms. The van der Waals surface area contributed by atoms with Gasteiger partial charge in [-0.1, -0.05) is 56.5 Å². The summed E-state index contributed by atoms with van der Waals surface area (Å²) in [5.41, 5.74) is 2.51. The summed E-state index contributed by atoms with van der Waals surface area (Å²) in [5.74, 6) is 0.215. The molecule has 2 aliphatic rings. The van der Waals surface area contributed by atoms with E-state index in [2.05, 4.69) is 45.1 Å². The van der Waals surface area contributed by atoms with Gasteiger partial charge in [0.15, 0.2) is 0 Å². The molecule has 3 heterocycles. The predicted octanol–water partition coefficient (Wildman–Crippen LogP) is 6.84. The largest absolute Gasteiger partial charge is 0.491 e. The number of ether oxygens (including phenoxy) is 3. The Kier molecular flexibility index (Phi) is 12.4. The molecule has 0 saturated heterocycles. The first-order valence-corrected chi connectivity index (χ1v) is 18.5. The van der Waals surface area contributed by atoms with E-state index >= 15 is 0 Å². The minimum atomic E-state index is -1.35. The van der Waals surface area contributed by atoms with Crippen LogP contribution in [0.15, 0.2) is 70.2 Å². The number of halogens is 1. The number of nitrogens with one attached hydrogen (secondary N) is 1. The van der Waals surface area contributed by atoms with Crippen molar-refractivity contribution in [2.45, 2.75) is 75.9 Å². The normalized spacial score (nSPS) is 23.9. The number of hydrogen-bond acceptors (Lipinski definition) is 7. The van der Waals surface area contributed by atoms with Crippen LogP contribution in [0.25, 0.3) is 0 Å². The topological polar surface area (TPSA) is 107 Å². The number of rotatable bonds is 7. The number of methoxy groups -OCH3 is 1. The zero-order valence-electron chi connectivity index (χ0n) is 29.3.